The summed E-state index contributed by atoms with van der Waals surface area (Å²) >= 11 is 5.62. The van der Waals surface area contributed by atoms with E-state index in [0.717, 1.165) is 5.56 Å². The van der Waals surface area contributed by atoms with Gasteiger partial charge in [-0.3, -0.25) is 4.79 Å². The van der Waals surface area contributed by atoms with E-state index in [9.17, 15) is 13.2 Å². The maximum atomic E-state index is 12.3. The number of hydrogen-bond acceptors (Lipinski definition) is 3. The summed E-state index contributed by atoms with van der Waals surface area (Å²) in [7, 11) is -3.64. The number of ketones is 1. The van der Waals surface area contributed by atoms with E-state index in [4.69, 9.17) is 11.6 Å². The number of benzene rings is 2. The van der Waals surface area contributed by atoms with Gasteiger partial charge in [0.25, 0.3) is 0 Å². The van der Waals surface area contributed by atoms with Gasteiger partial charge in [-0.05, 0) is 17.5 Å². The zero-order chi connectivity index (χ0) is 16.7. The third-order valence-electron chi connectivity index (χ3n) is 3.32. The molecule has 2 aromatic rings. The molecule has 0 heterocycles. The fourth-order valence-corrected chi connectivity index (χ4v) is 3.77. The molecule has 0 spiro atoms. The van der Waals surface area contributed by atoms with Gasteiger partial charge in [-0.25, -0.2) is 13.1 Å². The second kappa shape index (κ2) is 8.24. The van der Waals surface area contributed by atoms with Crippen molar-refractivity contribution in [2.24, 2.45) is 0 Å². The average molecular weight is 352 g/mol. The molecule has 0 saturated heterocycles. The standard InChI is InChI=1S/C17H18ClNO3S/c18-12-17(20)16(11-14-7-3-1-4-8-14)19-23(21,22)13-15-9-5-2-6-10-15/h1-10,16,19H,11-13H2/t16-/m0/s1. The molecule has 0 radical (unpaired) electrons. The van der Waals surface area contributed by atoms with Gasteiger partial charge in [-0.15, -0.1) is 11.6 Å². The van der Waals surface area contributed by atoms with Crippen molar-refractivity contribution in [1.82, 2.24) is 4.72 Å². The van der Waals surface area contributed by atoms with E-state index >= 15 is 0 Å². The van der Waals surface area contributed by atoms with Crippen molar-refractivity contribution in [2.75, 3.05) is 5.88 Å². The van der Waals surface area contributed by atoms with Crippen LogP contribution in [0.1, 0.15) is 11.1 Å². The van der Waals surface area contributed by atoms with Gasteiger partial charge in [0.1, 0.15) is 0 Å². The molecule has 122 valence electrons. The van der Waals surface area contributed by atoms with E-state index < -0.39 is 16.1 Å². The Morgan fingerprint density at radius 1 is 0.957 bits per heavy atom. The topological polar surface area (TPSA) is 63.2 Å². The molecule has 1 N–H and O–H groups in total. The van der Waals surface area contributed by atoms with Gasteiger partial charge >= 0.3 is 0 Å². The quantitative estimate of drug-likeness (QED) is 0.743. The van der Waals surface area contributed by atoms with Crippen LogP contribution in [-0.2, 0) is 27.0 Å². The molecule has 0 aliphatic carbocycles. The summed E-state index contributed by atoms with van der Waals surface area (Å²) in [5, 5.41) is 0. The molecular formula is C17H18ClNO3S. The molecule has 0 saturated carbocycles. The lowest BCUT2D eigenvalue weighted by Crippen LogP contribution is -2.43. The molecule has 0 unspecified atom stereocenters. The fourth-order valence-electron chi connectivity index (χ4n) is 2.22. The molecule has 0 aromatic heterocycles. The van der Waals surface area contributed by atoms with Gasteiger partial charge < -0.3 is 0 Å². The molecule has 1 atom stereocenters. The number of alkyl halides is 1. The lowest BCUT2D eigenvalue weighted by Gasteiger charge is -2.17. The Labute approximate surface area is 141 Å². The van der Waals surface area contributed by atoms with Crippen LogP contribution in [0.15, 0.2) is 60.7 Å². The van der Waals surface area contributed by atoms with Gasteiger partial charge in [0.2, 0.25) is 10.0 Å². The van der Waals surface area contributed by atoms with E-state index in [1.807, 2.05) is 36.4 Å². The monoisotopic (exact) mass is 351 g/mol. The zero-order valence-electron chi connectivity index (χ0n) is 12.5. The third kappa shape index (κ3) is 5.78. The summed E-state index contributed by atoms with van der Waals surface area (Å²) in [6.07, 6.45) is 0.278. The summed E-state index contributed by atoms with van der Waals surface area (Å²) in [5.74, 6) is -0.743. The highest BCUT2D eigenvalue weighted by Crippen LogP contribution is 2.09. The molecule has 6 heteroatoms. The minimum atomic E-state index is -3.64. The van der Waals surface area contributed by atoms with E-state index in [2.05, 4.69) is 4.72 Å². The van der Waals surface area contributed by atoms with Crippen molar-refractivity contribution in [3.63, 3.8) is 0 Å². The molecule has 0 aliphatic heterocycles. The summed E-state index contributed by atoms with van der Waals surface area (Å²) in [6.45, 7) is 0. The molecule has 2 aromatic carbocycles. The first kappa shape index (κ1) is 17.7. The smallest absolute Gasteiger partial charge is 0.216 e. The molecular weight excluding hydrogens is 334 g/mol. The first-order chi connectivity index (χ1) is 11.0. The van der Waals surface area contributed by atoms with E-state index in [1.54, 1.807) is 24.3 Å². The van der Waals surface area contributed by atoms with Gasteiger partial charge in [-0.1, -0.05) is 60.7 Å². The van der Waals surface area contributed by atoms with Gasteiger partial charge in [0, 0.05) is 0 Å². The van der Waals surface area contributed by atoms with Crippen molar-refractivity contribution >= 4 is 27.4 Å². The highest BCUT2D eigenvalue weighted by molar-refractivity contribution is 7.88. The first-order valence-electron chi connectivity index (χ1n) is 7.17. The van der Waals surface area contributed by atoms with Crippen molar-refractivity contribution in [1.29, 1.82) is 0 Å². The van der Waals surface area contributed by atoms with Gasteiger partial charge in [0.15, 0.2) is 5.78 Å². The van der Waals surface area contributed by atoms with Crippen LogP contribution in [0.25, 0.3) is 0 Å². The second-order valence-electron chi connectivity index (χ2n) is 5.20. The Balaban J connectivity index is 2.12. The number of sulfonamides is 1. The van der Waals surface area contributed by atoms with Crippen LogP contribution in [0.2, 0.25) is 0 Å². The SMILES string of the molecule is O=C(CCl)[C@H](Cc1ccccc1)NS(=O)(=O)Cc1ccccc1. The fraction of sp³-hybridized carbons (Fsp3) is 0.235. The molecule has 4 nitrogen and oxygen atoms in total. The van der Waals surface area contributed by atoms with Crippen molar-refractivity contribution in [3.8, 4) is 0 Å². The van der Waals surface area contributed by atoms with Crippen LogP contribution < -0.4 is 4.72 Å². The van der Waals surface area contributed by atoms with Crippen LogP contribution in [0.3, 0.4) is 0 Å². The summed E-state index contributed by atoms with van der Waals surface area (Å²) in [6, 6.07) is 17.2. The number of carbonyl (C=O) groups excluding carboxylic acids is 1. The van der Waals surface area contributed by atoms with Crippen molar-refractivity contribution < 1.29 is 13.2 Å². The van der Waals surface area contributed by atoms with E-state index in [0.29, 0.717) is 5.56 Å². The number of hydrogen-bond donors (Lipinski definition) is 1. The maximum Gasteiger partial charge on any atom is 0.216 e. The van der Waals surface area contributed by atoms with Crippen LogP contribution in [0.5, 0.6) is 0 Å². The van der Waals surface area contributed by atoms with E-state index in [-0.39, 0.29) is 23.8 Å². The van der Waals surface area contributed by atoms with Crippen molar-refractivity contribution in [2.45, 2.75) is 18.2 Å². The Kier molecular flexibility index (Phi) is 6.33. The Morgan fingerprint density at radius 2 is 1.48 bits per heavy atom. The van der Waals surface area contributed by atoms with Gasteiger partial charge in [0.05, 0.1) is 17.7 Å². The number of nitrogens with one attached hydrogen (secondary N) is 1. The third-order valence-corrected chi connectivity index (χ3v) is 4.94. The molecule has 0 aliphatic rings. The predicted octanol–water partition coefficient (Wildman–Crippen LogP) is 2.53. The summed E-state index contributed by atoms with van der Waals surface area (Å²) < 4.78 is 27.1. The minimum absolute atomic E-state index is 0.172. The highest BCUT2D eigenvalue weighted by Gasteiger charge is 2.24. The normalized spacial score (nSPS) is 12.7. The van der Waals surface area contributed by atoms with E-state index in [1.165, 1.54) is 0 Å². The molecule has 0 amide bonds. The molecule has 0 fully saturated rings. The molecule has 0 bridgehead atoms. The second-order valence-corrected chi connectivity index (χ2v) is 7.23. The lowest BCUT2D eigenvalue weighted by molar-refractivity contribution is -0.118. The van der Waals surface area contributed by atoms with Crippen LogP contribution in [0.4, 0.5) is 0 Å². The highest BCUT2D eigenvalue weighted by atomic mass is 35.5. The Bertz CT molecular complexity index is 733. The largest absolute Gasteiger partial charge is 0.297 e. The zero-order valence-corrected chi connectivity index (χ0v) is 14.1. The number of Topliss-reactive ketones (excluding diaryl/α,β-unsaturated/α-hetero) is 1. The lowest BCUT2D eigenvalue weighted by atomic mass is 10.0. The summed E-state index contributed by atoms with van der Waals surface area (Å²) in [5.41, 5.74) is 1.54. The van der Waals surface area contributed by atoms with Crippen LogP contribution >= 0.6 is 11.6 Å². The molecule has 23 heavy (non-hydrogen) atoms. The summed E-state index contributed by atoms with van der Waals surface area (Å²) in [4.78, 5) is 12.0. The number of rotatable bonds is 8. The van der Waals surface area contributed by atoms with Crippen LogP contribution in [-0.4, -0.2) is 26.1 Å². The van der Waals surface area contributed by atoms with Crippen molar-refractivity contribution in [3.05, 3.63) is 71.8 Å². The Hall–Kier alpha value is -1.69. The minimum Gasteiger partial charge on any atom is -0.297 e. The Morgan fingerprint density at radius 3 is 2.00 bits per heavy atom. The average Bonchev–Trinajstić information content (AvgIpc) is 2.54. The van der Waals surface area contributed by atoms with Crippen LogP contribution in [0, 0.1) is 0 Å². The van der Waals surface area contributed by atoms with Gasteiger partial charge in [-0.2, -0.15) is 0 Å². The first-order valence-corrected chi connectivity index (χ1v) is 9.35. The predicted molar refractivity (Wildman–Crippen MR) is 91.9 cm³/mol. The number of carbonyl (C=O) groups is 1. The number of halogens is 1. The molecule has 2 rings (SSSR count). The maximum absolute atomic E-state index is 12.3.